The number of carbonyl (C=O) groups excluding carboxylic acids is 3. The molecule has 67 heavy (non-hydrogen) atoms. The number of nitrogens with zero attached hydrogens (tertiary/aromatic N) is 4. The van der Waals surface area contributed by atoms with E-state index < -0.39 is 41.9 Å². The first-order valence-corrected chi connectivity index (χ1v) is 22.2. The van der Waals surface area contributed by atoms with Gasteiger partial charge in [-0.15, -0.1) is 0 Å². The lowest BCUT2D eigenvalue weighted by atomic mass is 9.82. The van der Waals surface area contributed by atoms with E-state index >= 15 is 0 Å². The fraction of sp³-hybridized carbons (Fsp3) is 0.479. The average molecular weight is 935 g/mol. The molecule has 10 rings (SSSR count). The number of methoxy groups -OCH3 is 2. The van der Waals surface area contributed by atoms with Gasteiger partial charge >= 0.3 is 0 Å². The van der Waals surface area contributed by atoms with Crippen molar-refractivity contribution in [3.05, 3.63) is 107 Å². The van der Waals surface area contributed by atoms with E-state index in [4.69, 9.17) is 37.9 Å². The maximum atomic E-state index is 14.0. The molecular formula is C48H50F4N4O11. The fourth-order valence-corrected chi connectivity index (χ4v) is 9.05. The van der Waals surface area contributed by atoms with Crippen LogP contribution in [-0.4, -0.2) is 123 Å². The summed E-state index contributed by atoms with van der Waals surface area (Å²) in [6.45, 7) is 0.574. The van der Waals surface area contributed by atoms with Crippen LogP contribution in [0.25, 0.3) is 0 Å². The van der Waals surface area contributed by atoms with Gasteiger partial charge in [-0.05, 0) is 85.3 Å². The van der Waals surface area contributed by atoms with Gasteiger partial charge in [0.1, 0.15) is 66.6 Å². The summed E-state index contributed by atoms with van der Waals surface area (Å²) in [7, 11) is 2.77. The van der Waals surface area contributed by atoms with Crippen LogP contribution < -0.4 is 18.9 Å². The molecule has 0 spiro atoms. The van der Waals surface area contributed by atoms with Crippen LogP contribution in [0.3, 0.4) is 0 Å². The Morgan fingerprint density at radius 2 is 1.19 bits per heavy atom. The van der Waals surface area contributed by atoms with Crippen molar-refractivity contribution in [3.63, 3.8) is 0 Å². The number of pyridine rings is 2. The van der Waals surface area contributed by atoms with E-state index in [0.717, 1.165) is 12.8 Å². The van der Waals surface area contributed by atoms with E-state index in [2.05, 4.69) is 9.97 Å². The second-order valence-electron chi connectivity index (χ2n) is 17.4. The Morgan fingerprint density at radius 1 is 0.701 bits per heavy atom. The van der Waals surface area contributed by atoms with Gasteiger partial charge in [-0.25, -0.2) is 27.5 Å². The van der Waals surface area contributed by atoms with Crippen LogP contribution in [0.15, 0.2) is 72.8 Å². The van der Waals surface area contributed by atoms with Crippen LogP contribution in [0, 0.1) is 23.5 Å². The summed E-state index contributed by atoms with van der Waals surface area (Å²) in [5.74, 6) is -4.27. The molecule has 15 nitrogen and oxygen atoms in total. The minimum atomic E-state index is -2.91. The number of Topliss-reactive ketones (excluding diaryl/α,β-unsaturated/α-hetero) is 1. The zero-order valence-electron chi connectivity index (χ0n) is 36.9. The zero-order valence-corrected chi connectivity index (χ0v) is 36.9. The van der Waals surface area contributed by atoms with Gasteiger partial charge in [-0.2, -0.15) is 0 Å². The third kappa shape index (κ3) is 9.64. The molecule has 2 saturated carbocycles. The van der Waals surface area contributed by atoms with Gasteiger partial charge in [0.25, 0.3) is 29.5 Å². The van der Waals surface area contributed by atoms with Crippen LogP contribution in [0.1, 0.15) is 70.6 Å². The van der Waals surface area contributed by atoms with Crippen molar-refractivity contribution in [1.29, 1.82) is 0 Å². The van der Waals surface area contributed by atoms with Gasteiger partial charge in [-0.3, -0.25) is 14.4 Å². The van der Waals surface area contributed by atoms with Gasteiger partial charge < -0.3 is 47.7 Å². The SMILES string of the molecule is COc1nc(C(=O)N2CC[C@]3(c4cccc(F)c4)OCO[C@@H]3C2)ccc1OCC(=O)C1CC1.COc1nc(C(=O)N2CC[C@]3(c4cccc(F)c4)OCO[C@@H]3C2)ccc1OCC(F)(F)C1CC1. The van der Waals surface area contributed by atoms with Crippen LogP contribution in [0.2, 0.25) is 0 Å². The second kappa shape index (κ2) is 19.0. The second-order valence-corrected chi connectivity index (χ2v) is 17.4. The number of rotatable bonds is 14. The molecule has 2 amide bonds. The van der Waals surface area contributed by atoms with Crippen LogP contribution >= 0.6 is 0 Å². The Morgan fingerprint density at radius 3 is 1.64 bits per heavy atom. The number of amides is 2. The molecule has 19 heteroatoms. The molecule has 6 heterocycles. The maximum Gasteiger partial charge on any atom is 0.284 e. The van der Waals surface area contributed by atoms with E-state index in [0.29, 0.717) is 55.6 Å². The highest BCUT2D eigenvalue weighted by molar-refractivity contribution is 5.93. The number of hydrogen-bond donors (Lipinski definition) is 0. The molecule has 4 saturated heterocycles. The summed E-state index contributed by atoms with van der Waals surface area (Å²) in [6, 6.07) is 18.5. The zero-order chi connectivity index (χ0) is 46.9. The minimum absolute atomic E-state index is 0.0380. The molecule has 6 fully saturated rings. The first kappa shape index (κ1) is 46.2. The lowest BCUT2D eigenvalue weighted by Crippen LogP contribution is -2.53. The molecule has 0 unspecified atom stereocenters. The lowest BCUT2D eigenvalue weighted by Gasteiger charge is -2.41. The van der Waals surface area contributed by atoms with Gasteiger partial charge in [0, 0.05) is 37.8 Å². The molecule has 6 aliphatic rings. The first-order valence-electron chi connectivity index (χ1n) is 22.2. The molecule has 0 N–H and O–H groups in total. The monoisotopic (exact) mass is 934 g/mol. The predicted octanol–water partition coefficient (Wildman–Crippen LogP) is 6.47. The highest BCUT2D eigenvalue weighted by Crippen LogP contribution is 2.46. The molecule has 4 aromatic rings. The summed E-state index contributed by atoms with van der Waals surface area (Å²) < 4.78 is 100. The number of ketones is 1. The lowest BCUT2D eigenvalue weighted by molar-refractivity contribution is -0.122. The van der Waals surface area contributed by atoms with Crippen molar-refractivity contribution in [1.82, 2.24) is 19.8 Å². The van der Waals surface area contributed by atoms with Crippen molar-refractivity contribution in [2.45, 2.75) is 67.9 Å². The van der Waals surface area contributed by atoms with E-state index in [9.17, 15) is 31.9 Å². The predicted molar refractivity (Wildman–Crippen MR) is 227 cm³/mol. The molecule has 2 aliphatic carbocycles. The third-order valence-electron chi connectivity index (χ3n) is 13.2. The molecule has 2 aromatic carbocycles. The van der Waals surface area contributed by atoms with E-state index in [1.165, 1.54) is 50.6 Å². The molecule has 4 atom stereocenters. The smallest absolute Gasteiger partial charge is 0.284 e. The van der Waals surface area contributed by atoms with Crippen molar-refractivity contribution >= 4 is 17.6 Å². The Bertz CT molecular complexity index is 2490. The average Bonchev–Trinajstić information content (AvgIpc) is 4.29. The van der Waals surface area contributed by atoms with Gasteiger partial charge in [-0.1, -0.05) is 24.3 Å². The normalized spacial score (nSPS) is 24.4. The van der Waals surface area contributed by atoms with E-state index in [1.807, 2.05) is 6.07 Å². The Kier molecular flexibility index (Phi) is 13.1. The molecule has 0 radical (unpaired) electrons. The van der Waals surface area contributed by atoms with E-state index in [-0.39, 0.29) is 97.3 Å². The van der Waals surface area contributed by atoms with Crippen molar-refractivity contribution in [3.8, 4) is 23.3 Å². The summed E-state index contributed by atoms with van der Waals surface area (Å²) in [4.78, 5) is 50.0. The van der Waals surface area contributed by atoms with Gasteiger partial charge in [0.15, 0.2) is 23.9 Å². The summed E-state index contributed by atoms with van der Waals surface area (Å²) in [5, 5.41) is 0. The number of halogens is 4. The topological polar surface area (TPSA) is 157 Å². The molecule has 2 aromatic heterocycles. The molecule has 356 valence electrons. The van der Waals surface area contributed by atoms with Crippen molar-refractivity contribution in [2.24, 2.45) is 11.8 Å². The minimum Gasteiger partial charge on any atom is -0.482 e. The van der Waals surface area contributed by atoms with Gasteiger partial charge in [0.05, 0.1) is 27.3 Å². The molecular weight excluding hydrogens is 885 g/mol. The summed E-state index contributed by atoms with van der Waals surface area (Å²) in [5.41, 5.74) is 0.0651. The maximum absolute atomic E-state index is 14.0. The number of carbonyl (C=O) groups is 3. The van der Waals surface area contributed by atoms with Crippen LogP contribution in [0.4, 0.5) is 17.6 Å². The fourth-order valence-electron chi connectivity index (χ4n) is 9.05. The molecule has 0 bridgehead atoms. The Balaban J connectivity index is 0.000000168. The van der Waals surface area contributed by atoms with Crippen LogP contribution in [0.5, 0.6) is 23.3 Å². The van der Waals surface area contributed by atoms with E-state index in [1.54, 1.807) is 40.1 Å². The summed E-state index contributed by atoms with van der Waals surface area (Å²) >= 11 is 0. The van der Waals surface area contributed by atoms with Crippen LogP contribution in [-0.2, 0) is 34.9 Å². The standard InChI is InChI=1S/C24H25F3N2O5.C24H25FN2O6/c1-31-21-19(32-13-24(26,27)15-5-6-15)8-7-18(28-21)22(30)29-10-9-23(20(12-29)33-14-34-23)16-3-2-4-17(25)11-16;1-30-22-20(31-13-19(28)15-5-6-15)8-7-18(26-22)23(29)27-10-9-24(21(12-27)32-14-33-24)16-3-2-4-17(25)11-16/h2-4,7-8,11,15,20H,5-6,9-10,12-14H2,1H3;2-4,7-8,11,15,21H,5-6,9-10,12-14H2,1H3/t20-,23-;21-,24-/m11/s1. The van der Waals surface area contributed by atoms with Gasteiger partial charge in [0.2, 0.25) is 0 Å². The number of fused-ring (bicyclic) bond motifs is 2. The number of aromatic nitrogens is 2. The Labute approximate surface area is 383 Å². The first-order chi connectivity index (χ1) is 32.3. The third-order valence-corrected chi connectivity index (χ3v) is 13.2. The van der Waals surface area contributed by atoms with Crippen molar-refractivity contribution in [2.75, 3.05) is 67.2 Å². The number of benzene rings is 2. The largest absolute Gasteiger partial charge is 0.482 e. The number of hydrogen-bond acceptors (Lipinski definition) is 13. The highest BCUT2D eigenvalue weighted by Gasteiger charge is 2.53. The number of likely N-dealkylation sites (tertiary alicyclic amines) is 2. The highest BCUT2D eigenvalue weighted by atomic mass is 19.3. The van der Waals surface area contributed by atoms with Crippen molar-refractivity contribution < 1.29 is 69.8 Å². The summed E-state index contributed by atoms with van der Waals surface area (Å²) in [6.07, 6.45) is 2.80. The number of piperidine rings is 2. The molecule has 4 aliphatic heterocycles. The number of ether oxygens (including phenoxy) is 8. The Hall–Kier alpha value is -5.89. The number of alkyl halides is 2. The quantitative estimate of drug-likeness (QED) is 0.127.